The minimum Gasteiger partial charge on any atom is -0.381 e. The van der Waals surface area contributed by atoms with Gasteiger partial charge in [0.2, 0.25) is 0 Å². The number of hydrogen-bond acceptors (Lipinski definition) is 5. The smallest absolute Gasteiger partial charge is 0.0893 e. The topological polar surface area (TPSA) is 47.0 Å². The summed E-state index contributed by atoms with van der Waals surface area (Å²) in [5, 5.41) is 9.51. The lowest BCUT2D eigenvalue weighted by atomic mass is 9.93. The largest absolute Gasteiger partial charge is 0.381 e. The second-order valence-corrected chi connectivity index (χ2v) is 4.63. The third-order valence-electron chi connectivity index (χ3n) is 2.98. The van der Waals surface area contributed by atoms with Gasteiger partial charge in [0.05, 0.1) is 5.69 Å². The van der Waals surface area contributed by atoms with Crippen LogP contribution >= 0.6 is 11.5 Å². The molecule has 0 aromatic carbocycles. The molecule has 2 rings (SSSR count). The zero-order chi connectivity index (χ0) is 10.5. The van der Waals surface area contributed by atoms with Crippen molar-refractivity contribution in [1.82, 2.24) is 14.9 Å². The van der Waals surface area contributed by atoms with Gasteiger partial charge in [-0.2, -0.15) is 0 Å². The molecular formula is C10H17N3OS. The Hall–Kier alpha value is -0.520. The van der Waals surface area contributed by atoms with Crippen molar-refractivity contribution < 1.29 is 4.74 Å². The second-order valence-electron chi connectivity index (χ2n) is 4.02. The Kier molecular flexibility index (Phi) is 4.05. The minimum atomic E-state index is 0.538. The average Bonchev–Trinajstić information content (AvgIpc) is 2.80. The van der Waals surface area contributed by atoms with Gasteiger partial charge in [-0.25, -0.2) is 0 Å². The van der Waals surface area contributed by atoms with Crippen LogP contribution in [0, 0.1) is 5.92 Å². The Morgan fingerprint density at radius 3 is 3.07 bits per heavy atom. The molecule has 0 saturated carbocycles. The highest BCUT2D eigenvalue weighted by molar-refractivity contribution is 7.03. The highest BCUT2D eigenvalue weighted by Crippen LogP contribution is 2.18. The lowest BCUT2D eigenvalue weighted by molar-refractivity contribution is 0.0557. The van der Waals surface area contributed by atoms with Crippen LogP contribution in [0.4, 0.5) is 0 Å². The van der Waals surface area contributed by atoms with Gasteiger partial charge in [-0.05, 0) is 37.2 Å². The number of hydrogen-bond donors (Lipinski definition) is 1. The van der Waals surface area contributed by atoms with E-state index in [1.165, 1.54) is 24.4 Å². The first-order chi connectivity index (χ1) is 7.36. The van der Waals surface area contributed by atoms with Gasteiger partial charge in [-0.15, -0.1) is 5.10 Å². The third-order valence-corrected chi connectivity index (χ3v) is 3.54. The molecule has 0 aliphatic carbocycles. The fraction of sp³-hybridized carbons (Fsp3) is 0.800. The van der Waals surface area contributed by atoms with E-state index in [9.17, 15) is 0 Å². The molecule has 15 heavy (non-hydrogen) atoms. The molecule has 5 heteroatoms. The highest BCUT2D eigenvalue weighted by Gasteiger charge is 2.19. The normalized spacial score (nSPS) is 20.3. The molecule has 1 aromatic rings. The number of nitrogens with one attached hydrogen (secondary N) is 1. The average molecular weight is 227 g/mol. The van der Waals surface area contributed by atoms with E-state index in [4.69, 9.17) is 4.74 Å². The van der Waals surface area contributed by atoms with Crippen LogP contribution in [0.15, 0.2) is 5.38 Å². The molecule has 1 unspecified atom stereocenters. The lowest BCUT2D eigenvalue weighted by Gasteiger charge is -2.28. The lowest BCUT2D eigenvalue weighted by Crippen LogP contribution is -2.36. The molecule has 0 radical (unpaired) electrons. The minimum absolute atomic E-state index is 0.538. The molecule has 1 fully saturated rings. The van der Waals surface area contributed by atoms with E-state index in [-0.39, 0.29) is 0 Å². The SMILES string of the molecule is CC(NCc1csnn1)C1CCOCC1. The second kappa shape index (κ2) is 5.53. The zero-order valence-corrected chi connectivity index (χ0v) is 9.80. The molecule has 0 spiro atoms. The molecule has 1 saturated heterocycles. The number of nitrogens with zero attached hydrogens (tertiary/aromatic N) is 2. The maximum atomic E-state index is 5.35. The Labute approximate surface area is 94.2 Å². The summed E-state index contributed by atoms with van der Waals surface area (Å²) >= 11 is 1.41. The molecule has 1 N–H and O–H groups in total. The van der Waals surface area contributed by atoms with E-state index in [1.807, 2.05) is 5.38 Å². The Bertz CT molecular complexity index is 272. The standard InChI is InChI=1S/C10H17N3OS/c1-8(9-2-4-14-5-3-9)11-6-10-7-15-13-12-10/h7-9,11H,2-6H2,1H3. The summed E-state index contributed by atoms with van der Waals surface area (Å²) in [6.07, 6.45) is 2.34. The summed E-state index contributed by atoms with van der Waals surface area (Å²) in [6.45, 7) is 4.90. The van der Waals surface area contributed by atoms with E-state index < -0.39 is 0 Å². The fourth-order valence-electron chi connectivity index (χ4n) is 1.91. The first-order valence-electron chi connectivity index (χ1n) is 5.43. The molecule has 0 amide bonds. The van der Waals surface area contributed by atoms with Crippen LogP contribution in [0.2, 0.25) is 0 Å². The molecule has 1 aromatic heterocycles. The van der Waals surface area contributed by atoms with Crippen LogP contribution < -0.4 is 5.32 Å². The predicted octanol–water partition coefficient (Wildman–Crippen LogP) is 1.44. The molecule has 1 aliphatic heterocycles. The van der Waals surface area contributed by atoms with Crippen molar-refractivity contribution >= 4 is 11.5 Å². The number of rotatable bonds is 4. The van der Waals surface area contributed by atoms with Crippen LogP contribution in [-0.4, -0.2) is 28.8 Å². The molecule has 0 bridgehead atoms. The van der Waals surface area contributed by atoms with Crippen LogP contribution in [0.25, 0.3) is 0 Å². The molecular weight excluding hydrogens is 210 g/mol. The van der Waals surface area contributed by atoms with Crippen molar-refractivity contribution in [2.45, 2.75) is 32.4 Å². The van der Waals surface area contributed by atoms with Crippen LogP contribution in [0.1, 0.15) is 25.5 Å². The number of ether oxygens (including phenoxy) is 1. The van der Waals surface area contributed by atoms with Crippen molar-refractivity contribution in [2.24, 2.45) is 5.92 Å². The first-order valence-corrected chi connectivity index (χ1v) is 6.27. The van der Waals surface area contributed by atoms with E-state index in [1.54, 1.807) is 0 Å². The predicted molar refractivity (Wildman–Crippen MR) is 59.8 cm³/mol. The van der Waals surface area contributed by atoms with E-state index in [0.29, 0.717) is 6.04 Å². The van der Waals surface area contributed by atoms with Crippen molar-refractivity contribution in [3.8, 4) is 0 Å². The highest BCUT2D eigenvalue weighted by atomic mass is 32.1. The summed E-state index contributed by atoms with van der Waals surface area (Å²) < 4.78 is 9.20. The Balaban J connectivity index is 1.74. The van der Waals surface area contributed by atoms with Gasteiger partial charge in [-0.3, -0.25) is 0 Å². The molecule has 1 aliphatic rings. The van der Waals surface area contributed by atoms with Crippen LogP contribution in [0.5, 0.6) is 0 Å². The summed E-state index contributed by atoms with van der Waals surface area (Å²) in [7, 11) is 0. The monoisotopic (exact) mass is 227 g/mol. The summed E-state index contributed by atoms with van der Waals surface area (Å²) in [5.74, 6) is 0.741. The first kappa shape index (κ1) is 11.0. The zero-order valence-electron chi connectivity index (χ0n) is 8.98. The maximum Gasteiger partial charge on any atom is 0.0893 e. The molecule has 1 atom stereocenters. The third kappa shape index (κ3) is 3.22. The van der Waals surface area contributed by atoms with Crippen molar-refractivity contribution in [1.29, 1.82) is 0 Å². The van der Waals surface area contributed by atoms with Gasteiger partial charge < -0.3 is 10.1 Å². The van der Waals surface area contributed by atoms with Gasteiger partial charge in [-0.1, -0.05) is 4.49 Å². The van der Waals surface area contributed by atoms with Gasteiger partial charge in [0.25, 0.3) is 0 Å². The Morgan fingerprint density at radius 2 is 2.40 bits per heavy atom. The molecule has 4 nitrogen and oxygen atoms in total. The number of aromatic nitrogens is 2. The van der Waals surface area contributed by atoms with Crippen molar-refractivity contribution in [3.05, 3.63) is 11.1 Å². The van der Waals surface area contributed by atoms with Crippen molar-refractivity contribution in [2.75, 3.05) is 13.2 Å². The molecule has 2 heterocycles. The fourth-order valence-corrected chi connectivity index (χ4v) is 2.36. The summed E-state index contributed by atoms with van der Waals surface area (Å²) in [5.41, 5.74) is 1.04. The van der Waals surface area contributed by atoms with E-state index in [0.717, 1.165) is 31.4 Å². The van der Waals surface area contributed by atoms with E-state index in [2.05, 4.69) is 21.8 Å². The quantitative estimate of drug-likeness (QED) is 0.845. The Morgan fingerprint density at radius 1 is 1.60 bits per heavy atom. The molecule has 84 valence electrons. The van der Waals surface area contributed by atoms with Gasteiger partial charge in [0.1, 0.15) is 0 Å². The van der Waals surface area contributed by atoms with Gasteiger partial charge in [0, 0.05) is 31.2 Å². The van der Waals surface area contributed by atoms with Crippen molar-refractivity contribution in [3.63, 3.8) is 0 Å². The van der Waals surface area contributed by atoms with Gasteiger partial charge >= 0.3 is 0 Å². The van der Waals surface area contributed by atoms with Crippen LogP contribution in [0.3, 0.4) is 0 Å². The van der Waals surface area contributed by atoms with Crippen LogP contribution in [-0.2, 0) is 11.3 Å². The van der Waals surface area contributed by atoms with Gasteiger partial charge in [0.15, 0.2) is 0 Å². The maximum absolute atomic E-state index is 5.35. The summed E-state index contributed by atoms with van der Waals surface area (Å²) in [6, 6.07) is 0.538. The summed E-state index contributed by atoms with van der Waals surface area (Å²) in [4.78, 5) is 0. The van der Waals surface area contributed by atoms with E-state index >= 15 is 0 Å².